The normalized spacial score (nSPS) is 15.7. The molecule has 0 bridgehead atoms. The van der Waals surface area contributed by atoms with E-state index in [1.165, 1.54) is 23.5 Å². The number of thiophene rings is 1. The lowest BCUT2D eigenvalue weighted by atomic mass is 10.1. The molecule has 3 rings (SSSR count). The minimum absolute atomic E-state index is 0.0137. The van der Waals surface area contributed by atoms with Crippen LogP contribution in [0.1, 0.15) is 10.4 Å². The maximum Gasteiger partial charge on any atom is 0.234 e. The Morgan fingerprint density at radius 2 is 1.96 bits per heavy atom. The van der Waals surface area contributed by atoms with E-state index in [-0.39, 0.29) is 11.7 Å². The Hall–Kier alpha value is -1.67. The van der Waals surface area contributed by atoms with E-state index >= 15 is 0 Å². The van der Waals surface area contributed by atoms with Crippen molar-refractivity contribution in [2.45, 2.75) is 13.1 Å². The molecule has 2 heterocycles. The van der Waals surface area contributed by atoms with Gasteiger partial charge >= 0.3 is 0 Å². The zero-order chi connectivity index (χ0) is 19.2. The highest BCUT2D eigenvalue weighted by Crippen LogP contribution is 2.22. The van der Waals surface area contributed by atoms with Gasteiger partial charge in [0.15, 0.2) is 0 Å². The average molecular weight is 412 g/mol. The fourth-order valence-corrected chi connectivity index (χ4v) is 4.14. The molecule has 0 atom stereocenters. The minimum atomic E-state index is -0.256. The van der Waals surface area contributed by atoms with Crippen molar-refractivity contribution in [3.8, 4) is 5.75 Å². The van der Waals surface area contributed by atoms with Gasteiger partial charge in [-0.1, -0.05) is 11.6 Å². The van der Waals surface area contributed by atoms with Crippen molar-refractivity contribution in [1.82, 2.24) is 15.1 Å². The molecule has 1 amide bonds. The molecule has 0 radical (unpaired) electrons. The quantitative estimate of drug-likeness (QED) is 0.760. The highest BCUT2D eigenvalue weighted by molar-refractivity contribution is 7.16. The highest BCUT2D eigenvalue weighted by Gasteiger charge is 2.20. The van der Waals surface area contributed by atoms with Crippen LogP contribution >= 0.6 is 22.9 Å². The van der Waals surface area contributed by atoms with Crippen LogP contribution in [0, 0.1) is 5.82 Å². The van der Waals surface area contributed by atoms with Gasteiger partial charge in [-0.2, -0.15) is 0 Å². The van der Waals surface area contributed by atoms with Crippen LogP contribution in [0.2, 0.25) is 4.34 Å². The number of amides is 1. The number of rotatable bonds is 7. The lowest BCUT2D eigenvalue weighted by Crippen LogP contribution is -2.49. The Kier molecular flexibility index (Phi) is 7.07. The first-order chi connectivity index (χ1) is 13.0. The van der Waals surface area contributed by atoms with Crippen LogP contribution in [-0.4, -0.2) is 55.5 Å². The van der Waals surface area contributed by atoms with E-state index in [0.29, 0.717) is 25.4 Å². The SMILES string of the molecule is COc1ccc(F)cc1CN1CCN(CC(=O)NCc2ccc(Cl)s2)CC1. The summed E-state index contributed by atoms with van der Waals surface area (Å²) in [5, 5.41) is 2.93. The van der Waals surface area contributed by atoms with E-state index < -0.39 is 0 Å². The van der Waals surface area contributed by atoms with Gasteiger partial charge < -0.3 is 10.1 Å². The number of methoxy groups -OCH3 is 1. The number of ether oxygens (including phenoxy) is 1. The first-order valence-corrected chi connectivity index (χ1v) is 10.0. The number of hydrogen-bond acceptors (Lipinski definition) is 5. The Labute approximate surface area is 167 Å². The molecule has 0 saturated carbocycles. The van der Waals surface area contributed by atoms with E-state index in [2.05, 4.69) is 15.1 Å². The summed E-state index contributed by atoms with van der Waals surface area (Å²) in [5.41, 5.74) is 0.846. The van der Waals surface area contributed by atoms with Gasteiger partial charge in [-0.15, -0.1) is 11.3 Å². The summed E-state index contributed by atoms with van der Waals surface area (Å²) in [5.74, 6) is 0.458. The van der Waals surface area contributed by atoms with E-state index in [4.69, 9.17) is 16.3 Å². The summed E-state index contributed by atoms with van der Waals surface area (Å²) >= 11 is 7.37. The molecule has 1 N–H and O–H groups in total. The second kappa shape index (κ2) is 9.50. The van der Waals surface area contributed by atoms with Crippen LogP contribution in [0.5, 0.6) is 5.75 Å². The number of hydrogen-bond donors (Lipinski definition) is 1. The maximum absolute atomic E-state index is 13.5. The number of piperazine rings is 1. The molecule has 1 aliphatic heterocycles. The number of nitrogens with one attached hydrogen (secondary N) is 1. The number of carbonyl (C=O) groups excluding carboxylic acids is 1. The average Bonchev–Trinajstić information content (AvgIpc) is 3.07. The standard InChI is InChI=1S/C19H23ClFN3O2S/c1-26-17-4-2-15(21)10-14(17)12-23-6-8-24(9-7-23)13-19(25)22-11-16-3-5-18(20)27-16/h2-5,10H,6-9,11-13H2,1H3,(H,22,25). The van der Waals surface area contributed by atoms with Gasteiger partial charge in [0.1, 0.15) is 11.6 Å². The summed E-state index contributed by atoms with van der Waals surface area (Å²) in [7, 11) is 1.59. The van der Waals surface area contributed by atoms with E-state index in [1.807, 2.05) is 12.1 Å². The van der Waals surface area contributed by atoms with E-state index in [1.54, 1.807) is 13.2 Å². The predicted molar refractivity (Wildman–Crippen MR) is 106 cm³/mol. The molecular weight excluding hydrogens is 389 g/mol. The lowest BCUT2D eigenvalue weighted by Gasteiger charge is -2.34. The molecule has 8 heteroatoms. The highest BCUT2D eigenvalue weighted by atomic mass is 35.5. The molecule has 1 aliphatic rings. The number of nitrogens with zero attached hydrogens (tertiary/aromatic N) is 2. The molecule has 1 fully saturated rings. The van der Waals surface area contributed by atoms with Gasteiger partial charge in [-0.3, -0.25) is 14.6 Å². The fourth-order valence-electron chi connectivity index (χ4n) is 3.11. The molecule has 5 nitrogen and oxygen atoms in total. The molecule has 0 aliphatic carbocycles. The molecule has 27 heavy (non-hydrogen) atoms. The maximum atomic E-state index is 13.5. The van der Waals surface area contributed by atoms with Crippen LogP contribution in [0.25, 0.3) is 0 Å². The largest absolute Gasteiger partial charge is 0.496 e. The van der Waals surface area contributed by atoms with Crippen molar-refractivity contribution >= 4 is 28.8 Å². The van der Waals surface area contributed by atoms with Crippen LogP contribution in [-0.2, 0) is 17.9 Å². The summed E-state index contributed by atoms with van der Waals surface area (Å²) in [6.45, 7) is 4.79. The summed E-state index contributed by atoms with van der Waals surface area (Å²) in [6.07, 6.45) is 0. The molecule has 1 saturated heterocycles. The number of benzene rings is 1. The third-order valence-electron chi connectivity index (χ3n) is 4.56. The van der Waals surface area contributed by atoms with Crippen LogP contribution < -0.4 is 10.1 Å². The van der Waals surface area contributed by atoms with Gasteiger partial charge in [-0.25, -0.2) is 4.39 Å². The third-order valence-corrected chi connectivity index (χ3v) is 5.79. The van der Waals surface area contributed by atoms with Crippen molar-refractivity contribution in [2.75, 3.05) is 39.8 Å². The molecule has 0 spiro atoms. The van der Waals surface area contributed by atoms with Crippen LogP contribution in [0.4, 0.5) is 4.39 Å². The third kappa shape index (κ3) is 5.90. The van der Waals surface area contributed by atoms with Gasteiger partial charge in [0.05, 0.1) is 24.5 Å². The van der Waals surface area contributed by atoms with Crippen molar-refractivity contribution in [1.29, 1.82) is 0 Å². The Morgan fingerprint density at radius 1 is 1.22 bits per heavy atom. The van der Waals surface area contributed by atoms with Crippen molar-refractivity contribution in [3.63, 3.8) is 0 Å². The summed E-state index contributed by atoms with van der Waals surface area (Å²) < 4.78 is 19.5. The predicted octanol–water partition coefficient (Wildman–Crippen LogP) is 2.98. The van der Waals surface area contributed by atoms with Crippen molar-refractivity contribution in [2.24, 2.45) is 0 Å². The molecule has 1 aromatic carbocycles. The van der Waals surface area contributed by atoms with E-state index in [9.17, 15) is 9.18 Å². The van der Waals surface area contributed by atoms with Gasteiger partial charge in [0.25, 0.3) is 0 Å². The van der Waals surface area contributed by atoms with Gasteiger partial charge in [-0.05, 0) is 30.3 Å². The number of halogens is 2. The monoisotopic (exact) mass is 411 g/mol. The van der Waals surface area contributed by atoms with Gasteiger partial charge in [0, 0.05) is 43.2 Å². The molecular formula is C19H23ClFN3O2S. The second-order valence-electron chi connectivity index (χ2n) is 6.49. The zero-order valence-electron chi connectivity index (χ0n) is 15.2. The van der Waals surface area contributed by atoms with Crippen LogP contribution in [0.3, 0.4) is 0 Å². The van der Waals surface area contributed by atoms with Crippen LogP contribution in [0.15, 0.2) is 30.3 Å². The smallest absolute Gasteiger partial charge is 0.234 e. The molecule has 1 aromatic heterocycles. The molecule has 2 aromatic rings. The van der Waals surface area contributed by atoms with E-state index in [0.717, 1.165) is 41.0 Å². The summed E-state index contributed by atoms with van der Waals surface area (Å²) in [4.78, 5) is 17.6. The zero-order valence-corrected chi connectivity index (χ0v) is 16.8. The lowest BCUT2D eigenvalue weighted by molar-refractivity contribution is -0.122. The van der Waals surface area contributed by atoms with Crippen molar-refractivity contribution in [3.05, 3.63) is 50.9 Å². The Bertz CT molecular complexity index is 778. The van der Waals surface area contributed by atoms with Crippen molar-refractivity contribution < 1.29 is 13.9 Å². The fraction of sp³-hybridized carbons (Fsp3) is 0.421. The summed E-state index contributed by atoms with van der Waals surface area (Å²) in [6, 6.07) is 8.35. The minimum Gasteiger partial charge on any atom is -0.496 e. The first kappa shape index (κ1) is 20.1. The number of carbonyl (C=O) groups is 1. The Balaban J connectivity index is 1.42. The first-order valence-electron chi connectivity index (χ1n) is 8.81. The topological polar surface area (TPSA) is 44.8 Å². The molecule has 146 valence electrons. The Morgan fingerprint density at radius 3 is 2.63 bits per heavy atom. The van der Waals surface area contributed by atoms with Gasteiger partial charge in [0.2, 0.25) is 5.91 Å². The molecule has 0 unspecified atom stereocenters. The second-order valence-corrected chi connectivity index (χ2v) is 8.29.